The Labute approximate surface area is 183 Å². The SMILES string of the molecule is C=C(CCCC)/C(=C/C[C@@H](OC(C)=O)c1ccc(CO)o1)c1cnc2ccccc2c1. The number of hydrogen-bond acceptors (Lipinski definition) is 5. The van der Waals surface area contributed by atoms with Crippen LogP contribution < -0.4 is 0 Å². The van der Waals surface area contributed by atoms with E-state index in [0.29, 0.717) is 17.9 Å². The summed E-state index contributed by atoms with van der Waals surface area (Å²) in [4.78, 5) is 16.3. The number of allylic oxidation sites excluding steroid dienone is 2. The van der Waals surface area contributed by atoms with Gasteiger partial charge in [-0.15, -0.1) is 0 Å². The number of nitrogens with zero attached hydrogens (tertiary/aromatic N) is 1. The molecule has 0 fully saturated rings. The fourth-order valence-electron chi connectivity index (χ4n) is 3.51. The number of ether oxygens (including phenoxy) is 1. The monoisotopic (exact) mass is 419 g/mol. The average Bonchev–Trinajstić information content (AvgIpc) is 3.26. The first kappa shape index (κ1) is 22.5. The van der Waals surface area contributed by atoms with Crippen LogP contribution in [0.5, 0.6) is 0 Å². The fourth-order valence-corrected chi connectivity index (χ4v) is 3.51. The number of aromatic nitrogens is 1. The molecule has 0 radical (unpaired) electrons. The Morgan fingerprint density at radius 2 is 2.10 bits per heavy atom. The number of aliphatic hydroxyl groups is 1. The third kappa shape index (κ3) is 5.92. The van der Waals surface area contributed by atoms with Crippen LogP contribution >= 0.6 is 0 Å². The molecule has 0 amide bonds. The highest BCUT2D eigenvalue weighted by molar-refractivity contribution is 5.86. The van der Waals surface area contributed by atoms with Crippen LogP contribution in [0.3, 0.4) is 0 Å². The van der Waals surface area contributed by atoms with E-state index in [1.54, 1.807) is 12.1 Å². The highest BCUT2D eigenvalue weighted by Crippen LogP contribution is 2.31. The van der Waals surface area contributed by atoms with Crippen LogP contribution in [0, 0.1) is 0 Å². The number of benzene rings is 1. The van der Waals surface area contributed by atoms with E-state index in [9.17, 15) is 9.90 Å². The lowest BCUT2D eigenvalue weighted by atomic mass is 9.94. The molecule has 0 saturated heterocycles. The van der Waals surface area contributed by atoms with E-state index in [-0.39, 0.29) is 12.6 Å². The van der Waals surface area contributed by atoms with Crippen LogP contribution in [-0.2, 0) is 16.1 Å². The predicted molar refractivity (Wildman–Crippen MR) is 122 cm³/mol. The maximum Gasteiger partial charge on any atom is 0.303 e. The number of aliphatic hydroxyl groups excluding tert-OH is 1. The summed E-state index contributed by atoms with van der Waals surface area (Å²) in [6, 6.07) is 13.5. The number of hydrogen-bond donors (Lipinski definition) is 1. The minimum Gasteiger partial charge on any atom is -0.460 e. The molecule has 0 aliphatic rings. The summed E-state index contributed by atoms with van der Waals surface area (Å²) in [5.74, 6) is 0.548. The molecule has 0 spiro atoms. The Morgan fingerprint density at radius 3 is 2.81 bits per heavy atom. The number of carbonyl (C=O) groups excluding carboxylic acids is 1. The van der Waals surface area contributed by atoms with Crippen molar-refractivity contribution < 1.29 is 19.1 Å². The van der Waals surface area contributed by atoms with Crippen molar-refractivity contribution >= 4 is 22.4 Å². The van der Waals surface area contributed by atoms with Crippen LogP contribution in [-0.4, -0.2) is 16.1 Å². The summed E-state index contributed by atoms with van der Waals surface area (Å²) in [5, 5.41) is 10.4. The maximum absolute atomic E-state index is 11.7. The fraction of sp³-hybridized carbons (Fsp3) is 0.308. The first-order chi connectivity index (χ1) is 15.0. The van der Waals surface area contributed by atoms with Gasteiger partial charge in [0, 0.05) is 30.5 Å². The smallest absolute Gasteiger partial charge is 0.303 e. The molecule has 162 valence electrons. The van der Waals surface area contributed by atoms with Crippen molar-refractivity contribution in [2.45, 2.75) is 52.2 Å². The number of esters is 1. The zero-order valence-corrected chi connectivity index (χ0v) is 18.1. The molecule has 2 heterocycles. The Morgan fingerprint density at radius 1 is 1.29 bits per heavy atom. The van der Waals surface area contributed by atoms with Gasteiger partial charge in [0.25, 0.3) is 0 Å². The van der Waals surface area contributed by atoms with E-state index in [1.165, 1.54) is 6.92 Å². The van der Waals surface area contributed by atoms with Crippen molar-refractivity contribution in [2.75, 3.05) is 0 Å². The van der Waals surface area contributed by atoms with E-state index >= 15 is 0 Å². The quantitative estimate of drug-likeness (QED) is 0.315. The second-order valence-electron chi connectivity index (χ2n) is 7.54. The van der Waals surface area contributed by atoms with Gasteiger partial charge in [0.1, 0.15) is 18.1 Å². The minimum atomic E-state index is -0.583. The van der Waals surface area contributed by atoms with Gasteiger partial charge in [-0.3, -0.25) is 9.78 Å². The van der Waals surface area contributed by atoms with Crippen molar-refractivity contribution in [3.8, 4) is 0 Å². The summed E-state index contributed by atoms with van der Waals surface area (Å²) in [5.41, 5.74) is 3.94. The summed E-state index contributed by atoms with van der Waals surface area (Å²) >= 11 is 0. The summed E-state index contributed by atoms with van der Waals surface area (Å²) in [7, 11) is 0. The molecule has 0 aliphatic heterocycles. The highest BCUT2D eigenvalue weighted by Gasteiger charge is 2.19. The number of rotatable bonds is 10. The molecular formula is C26H29NO4. The van der Waals surface area contributed by atoms with Crippen molar-refractivity contribution in [2.24, 2.45) is 0 Å². The first-order valence-corrected chi connectivity index (χ1v) is 10.6. The molecular weight excluding hydrogens is 390 g/mol. The Kier molecular flexibility index (Phi) is 7.79. The van der Waals surface area contributed by atoms with E-state index in [0.717, 1.165) is 46.9 Å². The second kappa shape index (κ2) is 10.7. The van der Waals surface area contributed by atoms with Crippen molar-refractivity contribution in [1.29, 1.82) is 0 Å². The topological polar surface area (TPSA) is 72.6 Å². The van der Waals surface area contributed by atoms with Gasteiger partial charge in [0.2, 0.25) is 0 Å². The summed E-state index contributed by atoms with van der Waals surface area (Å²) in [6.45, 7) is 7.64. The predicted octanol–water partition coefficient (Wildman–Crippen LogP) is 6.14. The average molecular weight is 420 g/mol. The third-order valence-corrected chi connectivity index (χ3v) is 5.11. The molecule has 5 nitrogen and oxygen atoms in total. The van der Waals surface area contributed by atoms with Crippen molar-refractivity contribution in [1.82, 2.24) is 4.98 Å². The minimum absolute atomic E-state index is 0.204. The zero-order valence-electron chi connectivity index (χ0n) is 18.1. The van der Waals surface area contributed by atoms with Gasteiger partial charge in [-0.25, -0.2) is 0 Å². The molecule has 0 saturated carbocycles. The second-order valence-corrected chi connectivity index (χ2v) is 7.54. The third-order valence-electron chi connectivity index (χ3n) is 5.11. The Hall–Kier alpha value is -3.18. The molecule has 0 aliphatic carbocycles. The lowest BCUT2D eigenvalue weighted by Gasteiger charge is -2.16. The summed E-state index contributed by atoms with van der Waals surface area (Å²) in [6.07, 6.45) is 6.74. The van der Waals surface area contributed by atoms with Crippen molar-refractivity contribution in [3.05, 3.63) is 84.0 Å². The van der Waals surface area contributed by atoms with Gasteiger partial charge in [-0.05, 0) is 48.3 Å². The van der Waals surface area contributed by atoms with Gasteiger partial charge in [-0.1, -0.05) is 44.2 Å². The Balaban J connectivity index is 1.95. The van der Waals surface area contributed by atoms with Crippen molar-refractivity contribution in [3.63, 3.8) is 0 Å². The van der Waals surface area contributed by atoms with E-state index < -0.39 is 6.10 Å². The largest absolute Gasteiger partial charge is 0.460 e. The van der Waals surface area contributed by atoms with Gasteiger partial charge in [0.15, 0.2) is 6.10 Å². The molecule has 3 rings (SSSR count). The maximum atomic E-state index is 11.7. The molecule has 1 atom stereocenters. The van der Waals surface area contributed by atoms with E-state index in [4.69, 9.17) is 9.15 Å². The number of para-hydroxylation sites is 1. The molecule has 31 heavy (non-hydrogen) atoms. The van der Waals surface area contributed by atoms with E-state index in [1.807, 2.05) is 36.5 Å². The molecule has 5 heteroatoms. The van der Waals surface area contributed by atoms with Crippen LogP contribution in [0.2, 0.25) is 0 Å². The molecule has 3 aromatic rings. The molecule has 0 unspecified atom stereocenters. The van der Waals surface area contributed by atoms with Crippen LogP contribution in [0.4, 0.5) is 0 Å². The molecule has 1 aromatic carbocycles. The number of pyridine rings is 1. The standard InChI is InChI=1S/C26H29NO4/c1-4-5-8-18(2)23(21-15-20-9-6-7-10-24(20)27-16-21)12-14-25(30-19(3)29)26-13-11-22(17-28)31-26/h6-7,9-13,15-16,25,28H,2,4-5,8,14,17H2,1,3H3/b23-12-/t25-/m1/s1. The van der Waals surface area contributed by atoms with Gasteiger partial charge in [0.05, 0.1) is 5.52 Å². The van der Waals surface area contributed by atoms with Gasteiger partial charge >= 0.3 is 5.97 Å². The normalized spacial score (nSPS) is 12.7. The highest BCUT2D eigenvalue weighted by atomic mass is 16.6. The van der Waals surface area contributed by atoms with E-state index in [2.05, 4.69) is 24.6 Å². The summed E-state index contributed by atoms with van der Waals surface area (Å²) < 4.78 is 11.1. The number of carbonyl (C=O) groups is 1. The van der Waals surface area contributed by atoms with Gasteiger partial charge in [-0.2, -0.15) is 0 Å². The lowest BCUT2D eigenvalue weighted by molar-refractivity contribution is -0.147. The first-order valence-electron chi connectivity index (χ1n) is 10.6. The Bertz CT molecular complexity index is 1080. The molecule has 0 bridgehead atoms. The molecule has 1 N–H and O–H groups in total. The zero-order chi connectivity index (χ0) is 22.2. The lowest BCUT2D eigenvalue weighted by Crippen LogP contribution is -2.07. The number of fused-ring (bicyclic) bond motifs is 1. The van der Waals surface area contributed by atoms with Crippen LogP contribution in [0.1, 0.15) is 62.7 Å². The number of unbranched alkanes of at least 4 members (excludes halogenated alkanes) is 1. The van der Waals surface area contributed by atoms with Gasteiger partial charge < -0.3 is 14.3 Å². The van der Waals surface area contributed by atoms with Crippen LogP contribution in [0.25, 0.3) is 16.5 Å². The molecule has 2 aromatic heterocycles. The van der Waals surface area contributed by atoms with Crippen LogP contribution in [0.15, 0.2) is 71.3 Å². The number of furan rings is 1.